The smallest absolute Gasteiger partial charge is 0.337 e. The second kappa shape index (κ2) is 9.58. The maximum Gasteiger partial charge on any atom is 0.337 e. The Morgan fingerprint density at radius 3 is 2.18 bits per heavy atom. The van der Waals surface area contributed by atoms with Crippen molar-refractivity contribution in [2.75, 3.05) is 37.7 Å². The number of nitrogens with two attached hydrogens (primary N) is 1. The average Bonchev–Trinajstić information content (AvgIpc) is 3.26. The van der Waals surface area contributed by atoms with Crippen LogP contribution in [0.1, 0.15) is 20.7 Å². The first-order valence-electron chi connectivity index (χ1n) is 9.82. The highest BCUT2D eigenvalue weighted by atomic mass is 32.1. The average molecular weight is 481 g/mol. The fourth-order valence-electron chi connectivity index (χ4n) is 3.09. The van der Waals surface area contributed by atoms with E-state index in [4.69, 9.17) is 19.9 Å². The van der Waals surface area contributed by atoms with Crippen LogP contribution in [-0.4, -0.2) is 48.2 Å². The Bertz CT molecular complexity index is 1360. The number of anilines is 5. The van der Waals surface area contributed by atoms with E-state index in [2.05, 4.69) is 25.6 Å². The summed E-state index contributed by atoms with van der Waals surface area (Å²) in [5.41, 5.74) is 8.00. The number of ether oxygens (including phenoxy) is 3. The molecule has 0 saturated carbocycles. The van der Waals surface area contributed by atoms with Gasteiger partial charge in [-0.25, -0.2) is 24.5 Å². The van der Waals surface area contributed by atoms with Crippen LogP contribution in [0.4, 0.5) is 28.1 Å². The van der Waals surface area contributed by atoms with Gasteiger partial charge in [0.2, 0.25) is 0 Å². The van der Waals surface area contributed by atoms with Crippen LogP contribution in [0.15, 0.2) is 42.7 Å². The molecule has 0 unspecified atom stereocenters. The van der Waals surface area contributed by atoms with Gasteiger partial charge in [0.15, 0.2) is 16.8 Å². The van der Waals surface area contributed by atoms with E-state index in [1.54, 1.807) is 7.11 Å². The van der Waals surface area contributed by atoms with Crippen molar-refractivity contribution in [3.63, 3.8) is 0 Å². The lowest BCUT2D eigenvalue weighted by Crippen LogP contribution is -2.09. The summed E-state index contributed by atoms with van der Waals surface area (Å²) in [6, 6.07) is 9.97. The molecule has 4 N–H and O–H groups in total. The molecule has 11 nitrogen and oxygen atoms in total. The monoisotopic (exact) mass is 480 g/mol. The zero-order valence-electron chi connectivity index (χ0n) is 18.4. The van der Waals surface area contributed by atoms with Crippen molar-refractivity contribution in [1.29, 1.82) is 0 Å². The summed E-state index contributed by atoms with van der Waals surface area (Å²) in [5.74, 6) is 0.105. The van der Waals surface area contributed by atoms with Gasteiger partial charge in [0.05, 0.1) is 42.7 Å². The summed E-state index contributed by atoms with van der Waals surface area (Å²) >= 11 is 1.41. The van der Waals surface area contributed by atoms with Gasteiger partial charge in [0, 0.05) is 5.69 Å². The molecule has 0 atom stereocenters. The van der Waals surface area contributed by atoms with E-state index in [0.29, 0.717) is 16.6 Å². The number of methoxy groups -OCH3 is 3. The maximum atomic E-state index is 12.0. The van der Waals surface area contributed by atoms with Crippen molar-refractivity contribution in [2.24, 2.45) is 0 Å². The summed E-state index contributed by atoms with van der Waals surface area (Å²) < 4.78 is 15.7. The second-order valence-corrected chi connectivity index (χ2v) is 7.90. The number of carbonyl (C=O) groups excluding carboxylic acids is 2. The largest absolute Gasteiger partial charge is 0.497 e. The highest BCUT2D eigenvalue weighted by molar-refractivity contribution is 7.22. The highest BCUT2D eigenvalue weighted by Crippen LogP contribution is 2.33. The number of carbonyl (C=O) groups is 2. The number of fused-ring (bicyclic) bond motifs is 1. The number of benzene rings is 2. The van der Waals surface area contributed by atoms with Gasteiger partial charge in [-0.2, -0.15) is 0 Å². The van der Waals surface area contributed by atoms with Gasteiger partial charge >= 0.3 is 11.9 Å². The van der Waals surface area contributed by atoms with Crippen LogP contribution in [0.3, 0.4) is 0 Å². The van der Waals surface area contributed by atoms with Crippen LogP contribution in [-0.2, 0) is 9.47 Å². The van der Waals surface area contributed by atoms with Crippen molar-refractivity contribution < 1.29 is 23.8 Å². The molecule has 2 aromatic carbocycles. The quantitative estimate of drug-likeness (QED) is 0.332. The van der Waals surface area contributed by atoms with Crippen molar-refractivity contribution in [3.8, 4) is 5.75 Å². The van der Waals surface area contributed by atoms with Crippen LogP contribution < -0.4 is 21.1 Å². The molecule has 0 radical (unpaired) electrons. The Balaban J connectivity index is 1.63. The molecule has 0 spiro atoms. The molecule has 12 heteroatoms. The minimum atomic E-state index is -0.612. The zero-order valence-corrected chi connectivity index (χ0v) is 19.2. The molecule has 4 aromatic rings. The predicted octanol–water partition coefficient (Wildman–Crippen LogP) is 3.74. The second-order valence-electron chi connectivity index (χ2n) is 6.87. The van der Waals surface area contributed by atoms with Crippen molar-refractivity contribution >= 4 is 61.6 Å². The van der Waals surface area contributed by atoms with Gasteiger partial charge in [0.1, 0.15) is 17.8 Å². The molecule has 0 aliphatic rings. The van der Waals surface area contributed by atoms with Crippen LogP contribution in [0.25, 0.3) is 10.2 Å². The third-order valence-corrected chi connectivity index (χ3v) is 5.68. The van der Waals surface area contributed by atoms with E-state index < -0.39 is 11.9 Å². The van der Waals surface area contributed by atoms with Gasteiger partial charge in [0.25, 0.3) is 0 Å². The van der Waals surface area contributed by atoms with E-state index in [-0.39, 0.29) is 22.6 Å². The molecule has 0 aliphatic carbocycles. The number of nitrogens with zero attached hydrogens (tertiary/aromatic N) is 3. The predicted molar refractivity (Wildman–Crippen MR) is 128 cm³/mol. The number of nitrogen functional groups attached to an aromatic ring is 1. The number of nitrogens with one attached hydrogen (secondary N) is 2. The first kappa shape index (κ1) is 22.7. The first-order valence-corrected chi connectivity index (χ1v) is 10.6. The molecule has 0 saturated heterocycles. The molecular formula is C22H20N6O5S. The Morgan fingerprint density at radius 1 is 0.912 bits per heavy atom. The standard InChI is InChI=1S/C22H20N6O5S/c1-31-14-4-5-15-16(9-14)34-22(27-15)28-19-17(23)18(24-10-25-19)26-13-7-11(20(29)32-2)6-12(8-13)21(30)33-3/h4-10H,23H2,1-3H3,(H2,24,25,26,27,28). The third-order valence-electron chi connectivity index (χ3n) is 4.74. The molecule has 0 fully saturated rings. The summed E-state index contributed by atoms with van der Waals surface area (Å²) in [5, 5.41) is 6.70. The molecule has 2 aromatic heterocycles. The summed E-state index contributed by atoms with van der Waals surface area (Å²) in [6.07, 6.45) is 1.32. The van der Waals surface area contributed by atoms with E-state index in [0.717, 1.165) is 16.0 Å². The SMILES string of the molecule is COC(=O)c1cc(Nc2ncnc(Nc3nc4ccc(OC)cc4s3)c2N)cc(C(=O)OC)c1. The van der Waals surface area contributed by atoms with Crippen molar-refractivity contribution in [2.45, 2.75) is 0 Å². The Labute approximate surface area is 197 Å². The Hall–Kier alpha value is -4.45. The molecule has 174 valence electrons. The lowest BCUT2D eigenvalue weighted by Gasteiger charge is -2.13. The molecular weight excluding hydrogens is 460 g/mol. The van der Waals surface area contributed by atoms with Crippen molar-refractivity contribution in [1.82, 2.24) is 15.0 Å². The molecule has 34 heavy (non-hydrogen) atoms. The third kappa shape index (κ3) is 4.66. The van der Waals surface area contributed by atoms with Gasteiger partial charge in [-0.05, 0) is 36.4 Å². The summed E-state index contributed by atoms with van der Waals surface area (Å²) in [7, 11) is 4.10. The topological polar surface area (TPSA) is 151 Å². The lowest BCUT2D eigenvalue weighted by molar-refractivity contribution is 0.0599. The zero-order chi connectivity index (χ0) is 24.2. The fraction of sp³-hybridized carbons (Fsp3) is 0.136. The van der Waals surface area contributed by atoms with Gasteiger partial charge in [-0.1, -0.05) is 11.3 Å². The number of hydrogen-bond acceptors (Lipinski definition) is 12. The van der Waals surface area contributed by atoms with Crippen LogP contribution in [0.2, 0.25) is 0 Å². The van der Waals surface area contributed by atoms with E-state index in [9.17, 15) is 9.59 Å². The van der Waals surface area contributed by atoms with E-state index in [1.165, 1.54) is 50.1 Å². The molecule has 4 rings (SSSR count). The summed E-state index contributed by atoms with van der Waals surface area (Å²) in [6.45, 7) is 0. The van der Waals surface area contributed by atoms with Crippen LogP contribution in [0.5, 0.6) is 5.75 Å². The van der Waals surface area contributed by atoms with Gasteiger partial charge in [-0.15, -0.1) is 0 Å². The lowest BCUT2D eigenvalue weighted by atomic mass is 10.1. The number of hydrogen-bond donors (Lipinski definition) is 3. The summed E-state index contributed by atoms with van der Waals surface area (Å²) in [4.78, 5) is 37.0. The van der Waals surface area contributed by atoms with Crippen LogP contribution in [0, 0.1) is 0 Å². The number of rotatable bonds is 7. The minimum absolute atomic E-state index is 0.156. The van der Waals surface area contributed by atoms with Crippen LogP contribution >= 0.6 is 11.3 Å². The molecule has 0 aliphatic heterocycles. The molecule has 0 bridgehead atoms. The normalized spacial score (nSPS) is 10.6. The Morgan fingerprint density at radius 2 is 1.56 bits per heavy atom. The van der Waals surface area contributed by atoms with Gasteiger partial charge < -0.3 is 30.6 Å². The van der Waals surface area contributed by atoms with E-state index in [1.807, 2.05) is 18.2 Å². The highest BCUT2D eigenvalue weighted by Gasteiger charge is 2.16. The number of aromatic nitrogens is 3. The van der Waals surface area contributed by atoms with Gasteiger partial charge in [-0.3, -0.25) is 0 Å². The molecule has 0 amide bonds. The number of thiazole rings is 1. The Kier molecular flexibility index (Phi) is 6.41. The van der Waals surface area contributed by atoms with Crippen molar-refractivity contribution in [3.05, 3.63) is 53.9 Å². The fourth-order valence-corrected chi connectivity index (χ4v) is 3.98. The maximum absolute atomic E-state index is 12.0. The number of esters is 2. The molecule has 2 heterocycles. The minimum Gasteiger partial charge on any atom is -0.497 e. The first-order chi connectivity index (χ1) is 16.4. The van der Waals surface area contributed by atoms with E-state index >= 15 is 0 Å².